The molecule has 4 saturated carbocycles. The number of rotatable bonds is 14. The highest BCUT2D eigenvalue weighted by Gasteiger charge is 2.74. The Balaban J connectivity index is 1.02. The average Bonchev–Trinajstić information content (AvgIpc) is 0.713. The van der Waals surface area contributed by atoms with E-state index >= 15 is 0 Å². The van der Waals surface area contributed by atoms with Crippen molar-refractivity contribution in [1.29, 1.82) is 0 Å². The molecule has 486 valence electrons. The van der Waals surface area contributed by atoms with Gasteiger partial charge in [0.1, 0.15) is 104 Å². The van der Waals surface area contributed by atoms with Crippen LogP contribution in [0.4, 0.5) is 0 Å². The first-order chi connectivity index (χ1) is 39.7. The van der Waals surface area contributed by atoms with Crippen molar-refractivity contribution < 1.29 is 123 Å². The molecule has 25 nitrogen and oxygen atoms in total. The number of allylic oxidation sites excluding steroid dienone is 3. The maximum absolute atomic E-state index is 13.4. The summed E-state index contributed by atoms with van der Waals surface area (Å²) < 4.78 is 61.7. The van der Waals surface area contributed by atoms with Crippen LogP contribution in [0.15, 0.2) is 23.3 Å². The van der Waals surface area contributed by atoms with Gasteiger partial charge in [-0.15, -0.1) is 0 Å². The molecule has 4 heterocycles. The van der Waals surface area contributed by atoms with Gasteiger partial charge in [-0.1, -0.05) is 66.2 Å². The Labute approximate surface area is 496 Å². The van der Waals surface area contributed by atoms with Crippen LogP contribution in [0, 0.1) is 50.2 Å². The minimum absolute atomic E-state index is 0.0130. The van der Waals surface area contributed by atoms with Gasteiger partial charge in [0, 0.05) is 17.9 Å². The lowest BCUT2D eigenvalue weighted by Gasteiger charge is -2.72. The lowest BCUT2D eigenvalue weighted by atomic mass is 9.33. The minimum atomic E-state index is -1.94. The minimum Gasteiger partial charge on any atom is -0.462 e. The normalized spacial score (nSPS) is 51.4. The Morgan fingerprint density at radius 3 is 1.84 bits per heavy atom. The highest BCUT2D eigenvalue weighted by atomic mass is 16.8. The molecule has 0 aromatic heterocycles. The Morgan fingerprint density at radius 1 is 0.635 bits per heavy atom. The van der Waals surface area contributed by atoms with E-state index in [0.29, 0.717) is 44.1 Å². The van der Waals surface area contributed by atoms with Crippen molar-refractivity contribution in [3.05, 3.63) is 23.3 Å². The number of carbonyl (C=O) groups is 2. The van der Waals surface area contributed by atoms with Crippen molar-refractivity contribution in [2.24, 2.45) is 50.2 Å². The van der Waals surface area contributed by atoms with E-state index in [9.17, 15) is 76.0 Å². The van der Waals surface area contributed by atoms with Crippen molar-refractivity contribution >= 4 is 11.9 Å². The predicted octanol–water partition coefficient (Wildman–Crippen LogP) is -0.895. The third-order valence-electron chi connectivity index (χ3n) is 22.7. The fourth-order valence-corrected chi connectivity index (χ4v) is 17.4. The van der Waals surface area contributed by atoms with Crippen molar-refractivity contribution in [1.82, 2.24) is 0 Å². The van der Waals surface area contributed by atoms with E-state index < -0.39 is 212 Å². The summed E-state index contributed by atoms with van der Waals surface area (Å²) in [5, 5.41) is 144. The molecule has 0 aromatic rings. The highest BCUT2D eigenvalue weighted by molar-refractivity contribution is 5.87. The van der Waals surface area contributed by atoms with Crippen LogP contribution >= 0.6 is 0 Å². The van der Waals surface area contributed by atoms with Gasteiger partial charge in [0.2, 0.25) is 0 Å². The summed E-state index contributed by atoms with van der Waals surface area (Å²) in [7, 11) is 0. The molecule has 0 aromatic carbocycles. The van der Waals surface area contributed by atoms with Crippen molar-refractivity contribution in [2.75, 3.05) is 26.4 Å². The van der Waals surface area contributed by atoms with E-state index in [0.717, 1.165) is 12.0 Å². The molecule has 0 amide bonds. The first kappa shape index (κ1) is 67.0. The number of aliphatic hydroxyl groups is 13. The van der Waals surface area contributed by atoms with Crippen molar-refractivity contribution in [3.8, 4) is 0 Å². The quantitative estimate of drug-likeness (QED) is 0.0434. The van der Waals surface area contributed by atoms with Gasteiger partial charge in [0.25, 0.3) is 0 Å². The second kappa shape index (κ2) is 24.7. The molecule has 8 fully saturated rings. The largest absolute Gasteiger partial charge is 0.462 e. The fraction of sp³-hybridized carbons (Fsp3) is 0.900. The highest BCUT2D eigenvalue weighted by Crippen LogP contribution is 2.76. The fourth-order valence-electron chi connectivity index (χ4n) is 17.4. The SMILES string of the molecule is C/C=C(/C)C(=O)OC1C(O)C2(CO)C(OC(C)=O)CC3(C)C(=CCC4C5(C)CCC(O[C@H]6OC[C@H](O[C@@H]7O[C@H](CO)[C@@H](O)[C@H](O)[C@H]7O)[C@H](O)[C@H]6O[C@@H]6O[C@H](CO)[C@@H](O)[C@H](O)[C@H]6O[C@@H]6O[C@H](C)[C@@H](O)[C@H](O)[C@@H]6O)C(C)(C)C5CCC43C)C2CC1(C)C. The van der Waals surface area contributed by atoms with Crippen LogP contribution in [0.5, 0.6) is 0 Å². The molecular formula is C60H96O25. The summed E-state index contributed by atoms with van der Waals surface area (Å²) in [5.41, 5.74) is -2.75. The number of hydrogen-bond acceptors (Lipinski definition) is 25. The van der Waals surface area contributed by atoms with Gasteiger partial charge in [-0.2, -0.15) is 0 Å². The molecular weight excluding hydrogens is 1120 g/mol. The standard InChI is InChI=1S/C60H96O25/c1-12-25(2)50(75)85-49-48(74)60(24-63)29(19-55(49,5)6)28-13-14-34-57(9)17-16-35(56(7,8)33(57)15-18-58(34,10)59(28,11)20-36(60)78-27(4)64)82-53-46(40(68)32(23-76-53)81-52-45(73)42(70)38(66)30(21-61)79-52)84-54-47(43(71)39(67)31(22-62)80-54)83-51-44(72)41(69)37(65)26(3)77-51/h12-13,26,29-49,51-54,61-63,65-74H,14-24H2,1-11H3/b25-12-/t26-,29?,30-,31-,32+,33?,34?,35?,36?,37-,38-,39-,40+,41+,42+,43+,44+,45-,46-,47-,48?,49?,51+,52+,53-,54+,57?,58?,59?,60?/m1/s1. The summed E-state index contributed by atoms with van der Waals surface area (Å²) in [6.07, 6.45) is -28.1. The van der Waals surface area contributed by atoms with E-state index in [2.05, 4.69) is 40.7 Å². The first-order valence-corrected chi connectivity index (χ1v) is 30.3. The van der Waals surface area contributed by atoms with Crippen LogP contribution in [-0.4, -0.2) is 246 Å². The smallest absolute Gasteiger partial charge is 0.333 e. The maximum Gasteiger partial charge on any atom is 0.333 e. The van der Waals surface area contributed by atoms with E-state index in [1.54, 1.807) is 19.9 Å². The first-order valence-electron chi connectivity index (χ1n) is 30.3. The molecule has 13 N–H and O–H groups in total. The summed E-state index contributed by atoms with van der Waals surface area (Å²) in [6, 6.07) is 0. The van der Waals surface area contributed by atoms with Gasteiger partial charge in [0.15, 0.2) is 25.2 Å². The zero-order valence-corrected chi connectivity index (χ0v) is 50.7. The molecule has 5 aliphatic carbocycles. The van der Waals surface area contributed by atoms with Crippen LogP contribution in [0.2, 0.25) is 0 Å². The predicted molar refractivity (Wildman–Crippen MR) is 292 cm³/mol. The van der Waals surface area contributed by atoms with Gasteiger partial charge in [-0.3, -0.25) is 4.79 Å². The monoisotopic (exact) mass is 1220 g/mol. The molecule has 30 atom stereocenters. The van der Waals surface area contributed by atoms with Gasteiger partial charge in [-0.05, 0) is 105 Å². The van der Waals surface area contributed by atoms with Crippen LogP contribution in [0.1, 0.15) is 121 Å². The van der Waals surface area contributed by atoms with Gasteiger partial charge >= 0.3 is 11.9 Å². The number of carbonyl (C=O) groups excluding carboxylic acids is 2. The van der Waals surface area contributed by atoms with Crippen molar-refractivity contribution in [2.45, 2.75) is 262 Å². The molecule has 9 aliphatic rings. The van der Waals surface area contributed by atoms with Crippen LogP contribution in [0.3, 0.4) is 0 Å². The van der Waals surface area contributed by atoms with E-state index in [-0.39, 0.29) is 17.3 Å². The maximum atomic E-state index is 13.4. The Hall–Kier alpha value is -2.42. The number of hydrogen-bond donors (Lipinski definition) is 13. The lowest BCUT2D eigenvalue weighted by Crippen LogP contribution is -2.72. The second-order valence-corrected chi connectivity index (χ2v) is 28.0. The Bertz CT molecular complexity index is 2440. The molecule has 4 aliphatic heterocycles. The van der Waals surface area contributed by atoms with Gasteiger partial charge < -0.3 is 114 Å². The third-order valence-corrected chi connectivity index (χ3v) is 22.7. The zero-order valence-electron chi connectivity index (χ0n) is 50.7. The van der Waals surface area contributed by atoms with E-state index in [1.807, 2.05) is 13.8 Å². The molecule has 11 unspecified atom stereocenters. The molecule has 0 spiro atoms. The van der Waals surface area contributed by atoms with E-state index in [4.69, 9.17) is 47.4 Å². The number of fused-ring (bicyclic) bond motifs is 7. The van der Waals surface area contributed by atoms with Crippen LogP contribution in [-0.2, 0) is 57.0 Å². The summed E-state index contributed by atoms with van der Waals surface area (Å²) in [6.45, 7) is 18.5. The molecule has 4 saturated heterocycles. The zero-order chi connectivity index (χ0) is 62.6. The van der Waals surface area contributed by atoms with Crippen LogP contribution in [0.25, 0.3) is 0 Å². The number of esters is 2. The lowest BCUT2D eigenvalue weighted by molar-refractivity contribution is -0.398. The number of ether oxygens (including phenoxy) is 10. The van der Waals surface area contributed by atoms with Crippen molar-refractivity contribution in [3.63, 3.8) is 0 Å². The number of aliphatic hydroxyl groups excluding tert-OH is 13. The molecule has 0 radical (unpaired) electrons. The second-order valence-electron chi connectivity index (χ2n) is 28.0. The molecule has 0 bridgehead atoms. The summed E-state index contributed by atoms with van der Waals surface area (Å²) in [4.78, 5) is 26.6. The third kappa shape index (κ3) is 11.1. The van der Waals surface area contributed by atoms with Gasteiger partial charge in [0.05, 0.1) is 44.1 Å². The molecule has 25 heteroatoms. The molecule has 9 rings (SSSR count). The topological polar surface area (TPSA) is 389 Å². The Morgan fingerprint density at radius 2 is 1.22 bits per heavy atom. The average molecular weight is 1220 g/mol. The summed E-state index contributed by atoms with van der Waals surface area (Å²) in [5.74, 6) is -1.57. The molecule has 85 heavy (non-hydrogen) atoms. The van der Waals surface area contributed by atoms with E-state index in [1.165, 1.54) is 13.8 Å². The Kier molecular flexibility index (Phi) is 19.4. The van der Waals surface area contributed by atoms with Crippen LogP contribution < -0.4 is 0 Å². The van der Waals surface area contributed by atoms with Gasteiger partial charge in [-0.25, -0.2) is 4.79 Å². The summed E-state index contributed by atoms with van der Waals surface area (Å²) >= 11 is 0.